The monoisotopic (exact) mass is 287 g/mol. The van der Waals surface area contributed by atoms with Crippen molar-refractivity contribution < 1.29 is 4.21 Å². The van der Waals surface area contributed by atoms with E-state index in [1.54, 1.807) is 0 Å². The van der Waals surface area contributed by atoms with Crippen LogP contribution in [0.5, 0.6) is 0 Å². The molecule has 1 rings (SSSR count). The third-order valence-electron chi connectivity index (χ3n) is 4.37. The molecule has 0 amide bonds. The van der Waals surface area contributed by atoms with Crippen LogP contribution in [0.1, 0.15) is 77.6 Å². The first-order chi connectivity index (χ1) is 9.20. The number of rotatable bonds is 4. The summed E-state index contributed by atoms with van der Waals surface area (Å²) in [5.41, 5.74) is 0. The van der Waals surface area contributed by atoms with Gasteiger partial charge in [-0.05, 0) is 19.8 Å². The molecule has 0 heterocycles. The minimum atomic E-state index is -0.696. The molecule has 0 spiro atoms. The van der Waals surface area contributed by atoms with Crippen LogP contribution in [0, 0.1) is 0 Å². The predicted octanol–water partition coefficient (Wildman–Crippen LogP) is 4.02. The molecule has 0 aromatic heterocycles. The highest BCUT2D eigenvalue weighted by molar-refractivity contribution is 7.84. The molecule has 0 radical (unpaired) electrons. The summed E-state index contributed by atoms with van der Waals surface area (Å²) in [5.74, 6) is 0. The van der Waals surface area contributed by atoms with Gasteiger partial charge in [-0.25, -0.2) is 0 Å². The molecule has 0 aromatic rings. The zero-order chi connectivity index (χ0) is 13.9. The van der Waals surface area contributed by atoms with Gasteiger partial charge in [-0.2, -0.15) is 0 Å². The fourth-order valence-corrected chi connectivity index (χ4v) is 3.15. The molecule has 19 heavy (non-hydrogen) atoms. The van der Waals surface area contributed by atoms with Crippen LogP contribution in [-0.4, -0.2) is 28.3 Å². The van der Waals surface area contributed by atoms with Gasteiger partial charge in [0.25, 0.3) is 0 Å². The van der Waals surface area contributed by atoms with Crippen molar-refractivity contribution in [3.8, 4) is 0 Å². The average Bonchev–Trinajstić information content (AvgIpc) is 2.37. The topological polar surface area (TPSA) is 29.1 Å². The molecule has 3 heteroatoms. The van der Waals surface area contributed by atoms with Gasteiger partial charge in [-0.1, -0.05) is 57.8 Å². The SMILES string of the molecule is CC(CNC1CCCCCCCCCCC1)S(C)=O. The molecule has 114 valence electrons. The number of nitrogens with one attached hydrogen (secondary N) is 1. The molecule has 1 N–H and O–H groups in total. The van der Waals surface area contributed by atoms with E-state index >= 15 is 0 Å². The zero-order valence-corrected chi connectivity index (χ0v) is 13.8. The summed E-state index contributed by atoms with van der Waals surface area (Å²) in [6.45, 7) is 2.99. The zero-order valence-electron chi connectivity index (χ0n) is 13.0. The molecule has 1 aliphatic carbocycles. The van der Waals surface area contributed by atoms with Crippen LogP contribution in [0.2, 0.25) is 0 Å². The van der Waals surface area contributed by atoms with Crippen molar-refractivity contribution in [2.75, 3.05) is 12.8 Å². The van der Waals surface area contributed by atoms with Crippen LogP contribution in [0.3, 0.4) is 0 Å². The highest BCUT2D eigenvalue weighted by atomic mass is 32.2. The van der Waals surface area contributed by atoms with Gasteiger partial charge < -0.3 is 5.32 Å². The van der Waals surface area contributed by atoms with Crippen molar-refractivity contribution in [1.82, 2.24) is 5.32 Å². The van der Waals surface area contributed by atoms with Gasteiger partial charge in [0.15, 0.2) is 0 Å². The summed E-state index contributed by atoms with van der Waals surface area (Å²) in [7, 11) is -0.696. The smallest absolute Gasteiger partial charge is 0.0441 e. The standard InChI is InChI=1S/C16H33NOS/c1-15(19(2)18)14-17-16-12-10-8-6-4-3-5-7-9-11-13-16/h15-17H,3-14H2,1-2H3. The predicted molar refractivity (Wildman–Crippen MR) is 86.1 cm³/mol. The lowest BCUT2D eigenvalue weighted by atomic mass is 9.98. The molecular formula is C16H33NOS. The Morgan fingerprint density at radius 3 is 1.79 bits per heavy atom. The van der Waals surface area contributed by atoms with Crippen molar-refractivity contribution in [2.24, 2.45) is 0 Å². The minimum Gasteiger partial charge on any atom is -0.313 e. The number of hydrogen-bond acceptors (Lipinski definition) is 2. The van der Waals surface area contributed by atoms with Crippen LogP contribution in [-0.2, 0) is 10.8 Å². The fraction of sp³-hybridized carbons (Fsp3) is 1.00. The Bertz CT molecular complexity index is 233. The normalized spacial score (nSPS) is 24.1. The fourth-order valence-electron chi connectivity index (χ4n) is 2.82. The van der Waals surface area contributed by atoms with Gasteiger partial charge in [-0.3, -0.25) is 4.21 Å². The van der Waals surface area contributed by atoms with E-state index in [1.807, 2.05) is 6.26 Å². The van der Waals surface area contributed by atoms with Crippen molar-refractivity contribution >= 4 is 10.8 Å². The first kappa shape index (κ1) is 17.2. The van der Waals surface area contributed by atoms with E-state index < -0.39 is 10.8 Å². The van der Waals surface area contributed by atoms with E-state index in [9.17, 15) is 4.21 Å². The molecular weight excluding hydrogens is 254 g/mol. The van der Waals surface area contributed by atoms with E-state index in [2.05, 4.69) is 12.2 Å². The summed E-state index contributed by atoms with van der Waals surface area (Å²) in [4.78, 5) is 0. The molecule has 1 aliphatic rings. The molecule has 0 aliphatic heterocycles. The van der Waals surface area contributed by atoms with Crippen molar-refractivity contribution in [2.45, 2.75) is 88.8 Å². The van der Waals surface area contributed by atoms with Crippen molar-refractivity contribution in [3.63, 3.8) is 0 Å². The summed E-state index contributed by atoms with van der Waals surface area (Å²) < 4.78 is 11.4. The summed E-state index contributed by atoms with van der Waals surface area (Å²) in [5, 5.41) is 3.94. The third-order valence-corrected chi connectivity index (χ3v) is 5.67. The maximum Gasteiger partial charge on any atom is 0.0441 e. The van der Waals surface area contributed by atoms with Crippen molar-refractivity contribution in [1.29, 1.82) is 0 Å². The van der Waals surface area contributed by atoms with Gasteiger partial charge in [0.2, 0.25) is 0 Å². The second kappa shape index (κ2) is 10.8. The molecule has 2 atom stereocenters. The molecule has 0 aromatic carbocycles. The Morgan fingerprint density at radius 1 is 0.947 bits per heavy atom. The molecule has 1 saturated carbocycles. The van der Waals surface area contributed by atoms with Crippen LogP contribution in [0.15, 0.2) is 0 Å². The van der Waals surface area contributed by atoms with Gasteiger partial charge >= 0.3 is 0 Å². The lowest BCUT2D eigenvalue weighted by Gasteiger charge is -2.21. The Labute approximate surface area is 122 Å². The first-order valence-electron chi connectivity index (χ1n) is 8.25. The molecule has 0 bridgehead atoms. The van der Waals surface area contributed by atoms with E-state index in [0.29, 0.717) is 6.04 Å². The van der Waals surface area contributed by atoms with E-state index in [1.165, 1.54) is 70.6 Å². The van der Waals surface area contributed by atoms with Crippen LogP contribution >= 0.6 is 0 Å². The van der Waals surface area contributed by atoms with Crippen LogP contribution < -0.4 is 5.32 Å². The minimum absolute atomic E-state index is 0.279. The van der Waals surface area contributed by atoms with Gasteiger partial charge in [0.1, 0.15) is 0 Å². The van der Waals surface area contributed by atoms with Gasteiger partial charge in [-0.15, -0.1) is 0 Å². The van der Waals surface area contributed by atoms with E-state index in [4.69, 9.17) is 0 Å². The lowest BCUT2D eigenvalue weighted by molar-refractivity contribution is 0.405. The Morgan fingerprint density at radius 2 is 1.37 bits per heavy atom. The van der Waals surface area contributed by atoms with Crippen LogP contribution in [0.25, 0.3) is 0 Å². The maximum absolute atomic E-state index is 11.4. The first-order valence-corrected chi connectivity index (χ1v) is 9.88. The second-order valence-corrected chi connectivity index (χ2v) is 7.98. The molecule has 0 saturated heterocycles. The van der Waals surface area contributed by atoms with Gasteiger partial charge in [0.05, 0.1) is 0 Å². The third kappa shape index (κ3) is 8.80. The maximum atomic E-state index is 11.4. The highest BCUT2D eigenvalue weighted by Gasteiger charge is 2.12. The molecule has 2 unspecified atom stereocenters. The largest absolute Gasteiger partial charge is 0.313 e. The average molecular weight is 288 g/mol. The Hall–Kier alpha value is 0.110. The molecule has 2 nitrogen and oxygen atoms in total. The van der Waals surface area contributed by atoms with Gasteiger partial charge in [0, 0.05) is 34.9 Å². The number of hydrogen-bond donors (Lipinski definition) is 1. The highest BCUT2D eigenvalue weighted by Crippen LogP contribution is 2.17. The Kier molecular flexibility index (Phi) is 9.80. The quantitative estimate of drug-likeness (QED) is 0.846. The van der Waals surface area contributed by atoms with Crippen LogP contribution in [0.4, 0.5) is 0 Å². The summed E-state index contributed by atoms with van der Waals surface area (Å²) in [6, 6.07) is 0.658. The Balaban J connectivity index is 2.28. The molecule has 1 fully saturated rings. The summed E-state index contributed by atoms with van der Waals surface area (Å²) >= 11 is 0. The lowest BCUT2D eigenvalue weighted by Crippen LogP contribution is -2.36. The van der Waals surface area contributed by atoms with E-state index in [0.717, 1.165) is 6.54 Å². The van der Waals surface area contributed by atoms with Crippen molar-refractivity contribution in [3.05, 3.63) is 0 Å². The summed E-state index contributed by atoms with van der Waals surface area (Å²) in [6.07, 6.45) is 17.1. The van der Waals surface area contributed by atoms with E-state index in [-0.39, 0.29) is 5.25 Å². The second-order valence-electron chi connectivity index (χ2n) is 6.17.